The van der Waals surface area contributed by atoms with Crippen molar-refractivity contribution < 1.29 is 23.9 Å². The summed E-state index contributed by atoms with van der Waals surface area (Å²) in [7, 11) is 1.54. The summed E-state index contributed by atoms with van der Waals surface area (Å²) in [6.07, 6.45) is 0. The first kappa shape index (κ1) is 20.8. The smallest absolute Gasteiger partial charge is 0.325 e. The van der Waals surface area contributed by atoms with Crippen molar-refractivity contribution in [1.82, 2.24) is 5.32 Å². The molecule has 0 fully saturated rings. The maximum absolute atomic E-state index is 12.4. The molecule has 0 atom stereocenters. The molecule has 1 amide bonds. The normalized spacial score (nSPS) is 10.2. The molecule has 3 rings (SSSR count). The monoisotopic (exact) mass is 403 g/mol. The van der Waals surface area contributed by atoms with E-state index in [1.807, 2.05) is 18.2 Å². The van der Waals surface area contributed by atoms with Crippen molar-refractivity contribution in [3.8, 4) is 5.75 Å². The predicted molar refractivity (Wildman–Crippen MR) is 111 cm³/mol. The molecule has 0 aromatic heterocycles. The van der Waals surface area contributed by atoms with Crippen LogP contribution in [-0.4, -0.2) is 31.3 Å². The summed E-state index contributed by atoms with van der Waals surface area (Å²) in [6.45, 7) is -0.188. The number of carbonyl (C=O) groups is 3. The molecule has 6 nitrogen and oxygen atoms in total. The third-order valence-corrected chi connectivity index (χ3v) is 4.40. The van der Waals surface area contributed by atoms with E-state index in [1.54, 1.807) is 67.8 Å². The minimum Gasteiger partial charge on any atom is -0.497 e. The molecule has 3 aromatic rings. The number of rotatable bonds is 8. The topological polar surface area (TPSA) is 81.7 Å². The SMILES string of the molecule is COc1ccc(C(=O)NCC(=O)OCc2ccc(C(=O)c3ccccc3)cc2)cc1. The molecule has 0 aliphatic carbocycles. The second-order valence-corrected chi connectivity index (χ2v) is 6.46. The van der Waals surface area contributed by atoms with Gasteiger partial charge in [0.15, 0.2) is 5.78 Å². The summed E-state index contributed by atoms with van der Waals surface area (Å²) >= 11 is 0. The van der Waals surface area contributed by atoms with Gasteiger partial charge in [0.25, 0.3) is 5.91 Å². The Balaban J connectivity index is 1.46. The molecule has 1 N–H and O–H groups in total. The first-order valence-electron chi connectivity index (χ1n) is 9.33. The number of ether oxygens (including phenoxy) is 2. The summed E-state index contributed by atoms with van der Waals surface area (Å²) in [5.74, 6) is -0.359. The Hall–Kier alpha value is -3.93. The molecule has 0 bridgehead atoms. The van der Waals surface area contributed by atoms with Gasteiger partial charge in [-0.3, -0.25) is 14.4 Å². The molecule has 0 unspecified atom stereocenters. The lowest BCUT2D eigenvalue weighted by molar-refractivity contribution is -0.143. The standard InChI is InChI=1S/C24H21NO5/c1-29-21-13-11-20(12-14-21)24(28)25-15-22(26)30-16-17-7-9-19(10-8-17)23(27)18-5-3-2-4-6-18/h2-14H,15-16H2,1H3,(H,25,28). The van der Waals surface area contributed by atoms with E-state index >= 15 is 0 Å². The maximum Gasteiger partial charge on any atom is 0.325 e. The zero-order valence-corrected chi connectivity index (χ0v) is 16.5. The molecule has 0 radical (unpaired) electrons. The lowest BCUT2D eigenvalue weighted by atomic mass is 10.0. The van der Waals surface area contributed by atoms with Crippen LogP contribution in [0.15, 0.2) is 78.9 Å². The van der Waals surface area contributed by atoms with Gasteiger partial charge in [0.1, 0.15) is 18.9 Å². The van der Waals surface area contributed by atoms with E-state index in [0.717, 1.165) is 5.56 Å². The van der Waals surface area contributed by atoms with Crippen LogP contribution in [0.2, 0.25) is 0 Å². The van der Waals surface area contributed by atoms with E-state index < -0.39 is 5.97 Å². The largest absolute Gasteiger partial charge is 0.497 e. The molecule has 0 saturated heterocycles. The van der Waals surface area contributed by atoms with Crippen molar-refractivity contribution in [1.29, 1.82) is 0 Å². The van der Waals surface area contributed by atoms with E-state index in [2.05, 4.69) is 5.32 Å². The Morgan fingerprint density at radius 1 is 0.767 bits per heavy atom. The Labute approximate surface area is 174 Å². The van der Waals surface area contributed by atoms with Crippen LogP contribution in [0.1, 0.15) is 31.8 Å². The first-order valence-corrected chi connectivity index (χ1v) is 9.33. The number of hydrogen-bond donors (Lipinski definition) is 1. The number of methoxy groups -OCH3 is 1. The Morgan fingerprint density at radius 3 is 2.00 bits per heavy atom. The average Bonchev–Trinajstić information content (AvgIpc) is 2.81. The van der Waals surface area contributed by atoms with E-state index in [0.29, 0.717) is 22.4 Å². The predicted octanol–water partition coefficient (Wildman–Crippen LogP) is 3.40. The van der Waals surface area contributed by atoms with E-state index in [9.17, 15) is 14.4 Å². The number of amides is 1. The van der Waals surface area contributed by atoms with E-state index in [1.165, 1.54) is 0 Å². The fraction of sp³-hybridized carbons (Fsp3) is 0.125. The molecule has 0 aliphatic heterocycles. The fourth-order valence-electron chi connectivity index (χ4n) is 2.72. The number of ketones is 1. The highest BCUT2D eigenvalue weighted by Gasteiger charge is 2.11. The van der Waals surface area contributed by atoms with Crippen LogP contribution in [0.4, 0.5) is 0 Å². The van der Waals surface area contributed by atoms with Gasteiger partial charge in [-0.15, -0.1) is 0 Å². The molecule has 152 valence electrons. The molecule has 6 heteroatoms. The van der Waals surface area contributed by atoms with Gasteiger partial charge in [-0.2, -0.15) is 0 Å². The van der Waals surface area contributed by atoms with Gasteiger partial charge in [0.05, 0.1) is 7.11 Å². The highest BCUT2D eigenvalue weighted by molar-refractivity contribution is 6.08. The summed E-state index contributed by atoms with van der Waals surface area (Å²) in [5.41, 5.74) is 2.34. The molecule has 0 aliphatic rings. The quantitative estimate of drug-likeness (QED) is 0.461. The van der Waals surface area contributed by atoms with E-state index in [4.69, 9.17) is 9.47 Å². The van der Waals surface area contributed by atoms with Gasteiger partial charge in [-0.1, -0.05) is 54.6 Å². The van der Waals surface area contributed by atoms with Gasteiger partial charge in [0, 0.05) is 16.7 Å². The van der Waals surface area contributed by atoms with Crippen molar-refractivity contribution in [2.45, 2.75) is 6.61 Å². The molecule has 3 aromatic carbocycles. The van der Waals surface area contributed by atoms with Gasteiger partial charge in [-0.05, 0) is 29.8 Å². The van der Waals surface area contributed by atoms with Crippen LogP contribution in [0, 0.1) is 0 Å². The molecular formula is C24H21NO5. The zero-order chi connectivity index (χ0) is 21.3. The number of hydrogen-bond acceptors (Lipinski definition) is 5. The number of nitrogens with one attached hydrogen (secondary N) is 1. The van der Waals surface area contributed by atoms with Crippen molar-refractivity contribution >= 4 is 17.7 Å². The second-order valence-electron chi connectivity index (χ2n) is 6.46. The van der Waals surface area contributed by atoms with Crippen LogP contribution in [-0.2, 0) is 16.1 Å². The lowest BCUT2D eigenvalue weighted by Gasteiger charge is -2.08. The zero-order valence-electron chi connectivity index (χ0n) is 16.5. The minimum absolute atomic E-state index is 0.0526. The summed E-state index contributed by atoms with van der Waals surface area (Å²) in [4.78, 5) is 36.3. The molecular weight excluding hydrogens is 382 g/mol. The van der Waals surface area contributed by atoms with Crippen LogP contribution in [0.3, 0.4) is 0 Å². The Bertz CT molecular complexity index is 1010. The van der Waals surface area contributed by atoms with Crippen molar-refractivity contribution in [3.05, 3.63) is 101 Å². The Morgan fingerprint density at radius 2 is 1.37 bits per heavy atom. The summed E-state index contributed by atoms with van der Waals surface area (Å²) in [5, 5.41) is 2.52. The second kappa shape index (κ2) is 10.0. The van der Waals surface area contributed by atoms with Crippen LogP contribution in [0.25, 0.3) is 0 Å². The summed E-state index contributed by atoms with van der Waals surface area (Å²) in [6, 6.07) is 22.4. The van der Waals surface area contributed by atoms with Crippen LogP contribution in [0.5, 0.6) is 5.75 Å². The van der Waals surface area contributed by atoms with Gasteiger partial charge >= 0.3 is 5.97 Å². The highest BCUT2D eigenvalue weighted by atomic mass is 16.5. The average molecular weight is 403 g/mol. The van der Waals surface area contributed by atoms with Crippen molar-refractivity contribution in [3.63, 3.8) is 0 Å². The van der Waals surface area contributed by atoms with Gasteiger partial charge in [0.2, 0.25) is 0 Å². The number of esters is 1. The van der Waals surface area contributed by atoms with Crippen LogP contribution >= 0.6 is 0 Å². The third kappa shape index (κ3) is 5.54. The minimum atomic E-state index is -0.554. The van der Waals surface area contributed by atoms with Gasteiger partial charge in [-0.25, -0.2) is 0 Å². The van der Waals surface area contributed by atoms with Crippen LogP contribution < -0.4 is 10.1 Å². The maximum atomic E-state index is 12.4. The lowest BCUT2D eigenvalue weighted by Crippen LogP contribution is -2.30. The molecule has 30 heavy (non-hydrogen) atoms. The van der Waals surface area contributed by atoms with E-state index in [-0.39, 0.29) is 24.8 Å². The van der Waals surface area contributed by atoms with Crippen molar-refractivity contribution in [2.24, 2.45) is 0 Å². The van der Waals surface area contributed by atoms with Gasteiger partial charge < -0.3 is 14.8 Å². The number of benzene rings is 3. The Kier molecular flexibility index (Phi) is 6.95. The molecule has 0 saturated carbocycles. The highest BCUT2D eigenvalue weighted by Crippen LogP contribution is 2.12. The first-order chi connectivity index (χ1) is 14.6. The molecule has 0 heterocycles. The number of carbonyl (C=O) groups excluding carboxylic acids is 3. The third-order valence-electron chi connectivity index (χ3n) is 4.40. The van der Waals surface area contributed by atoms with Crippen molar-refractivity contribution in [2.75, 3.05) is 13.7 Å². The fourth-order valence-corrected chi connectivity index (χ4v) is 2.72. The molecule has 0 spiro atoms. The summed E-state index contributed by atoms with van der Waals surface area (Å²) < 4.78 is 10.2.